The number of carbonyl (C=O) groups is 1. The monoisotopic (exact) mass is 544 g/mol. The quantitative estimate of drug-likeness (QED) is 0.219. The number of thiophene rings is 1. The van der Waals surface area contributed by atoms with Crippen molar-refractivity contribution in [2.45, 2.75) is 19.5 Å². The predicted octanol–water partition coefficient (Wildman–Crippen LogP) is 7.85. The first-order valence-corrected chi connectivity index (χ1v) is 12.8. The van der Waals surface area contributed by atoms with E-state index in [2.05, 4.69) is 15.9 Å². The van der Waals surface area contributed by atoms with Gasteiger partial charge in [-0.05, 0) is 53.0 Å². The molecule has 1 aromatic heterocycles. The molecule has 1 N–H and O–H groups in total. The molecule has 5 nitrogen and oxygen atoms in total. The Balaban J connectivity index is 2.23. The van der Waals surface area contributed by atoms with E-state index in [4.69, 9.17) is 9.05 Å². The molecule has 0 saturated carbocycles. The second-order valence-corrected chi connectivity index (χ2v) is 10.5. The highest BCUT2D eigenvalue weighted by Gasteiger charge is 2.57. The zero-order valence-corrected chi connectivity index (χ0v) is 20.5. The van der Waals surface area contributed by atoms with Crippen molar-refractivity contribution < 1.29 is 32.3 Å². The molecular formula is C22H20BrF2O5PS. The first kappa shape index (κ1) is 24.7. The summed E-state index contributed by atoms with van der Waals surface area (Å²) >= 11 is 3.90. The van der Waals surface area contributed by atoms with Crippen LogP contribution in [0.3, 0.4) is 0 Å². The van der Waals surface area contributed by atoms with Gasteiger partial charge >= 0.3 is 19.2 Å². The number of rotatable bonds is 9. The molecule has 0 spiro atoms. The van der Waals surface area contributed by atoms with Gasteiger partial charge in [-0.2, -0.15) is 8.78 Å². The molecule has 0 fully saturated rings. The number of aromatic carboxylic acids is 1. The second kappa shape index (κ2) is 9.93. The highest BCUT2D eigenvalue weighted by atomic mass is 79.9. The minimum absolute atomic E-state index is 0.0420. The average Bonchev–Trinajstić information content (AvgIpc) is 3.10. The van der Waals surface area contributed by atoms with Gasteiger partial charge in [-0.15, -0.1) is 11.3 Å². The van der Waals surface area contributed by atoms with Gasteiger partial charge in [0, 0.05) is 14.6 Å². The number of fused-ring (bicyclic) bond motifs is 1. The summed E-state index contributed by atoms with van der Waals surface area (Å²) in [7, 11) is -4.82. The van der Waals surface area contributed by atoms with Crippen LogP contribution < -0.4 is 0 Å². The Kier molecular flexibility index (Phi) is 7.68. The summed E-state index contributed by atoms with van der Waals surface area (Å²) in [6.07, 6.45) is 3.43. The third-order valence-electron chi connectivity index (χ3n) is 4.47. The van der Waals surface area contributed by atoms with Crippen LogP contribution in [0.2, 0.25) is 0 Å². The fourth-order valence-corrected chi connectivity index (χ4v) is 7.09. The minimum atomic E-state index is -4.82. The SMILES string of the molecule is CCOP(=O)(OCC)C(F)(F)c1sc2c(/C=C/c3ccccc3)cc(C(=O)O)cc2c1Br. The Morgan fingerprint density at radius 2 is 1.78 bits per heavy atom. The topological polar surface area (TPSA) is 72.8 Å². The van der Waals surface area contributed by atoms with Crippen LogP contribution in [-0.2, 0) is 19.3 Å². The number of halogens is 3. The Morgan fingerprint density at radius 3 is 2.34 bits per heavy atom. The van der Waals surface area contributed by atoms with E-state index >= 15 is 8.78 Å². The van der Waals surface area contributed by atoms with Crippen molar-refractivity contribution in [2.75, 3.05) is 13.2 Å². The molecule has 0 saturated heterocycles. The van der Waals surface area contributed by atoms with Crippen molar-refractivity contribution in [3.05, 3.63) is 68.5 Å². The van der Waals surface area contributed by atoms with Gasteiger partial charge in [0.2, 0.25) is 0 Å². The zero-order chi connectivity index (χ0) is 23.5. The van der Waals surface area contributed by atoms with E-state index in [1.165, 1.54) is 26.0 Å². The second-order valence-electron chi connectivity index (χ2n) is 6.61. The maximum absolute atomic E-state index is 15.5. The largest absolute Gasteiger partial charge is 0.478 e. The number of hydrogen-bond acceptors (Lipinski definition) is 5. The van der Waals surface area contributed by atoms with Crippen molar-refractivity contribution >= 4 is 63.1 Å². The van der Waals surface area contributed by atoms with Crippen LogP contribution in [0.5, 0.6) is 0 Å². The summed E-state index contributed by atoms with van der Waals surface area (Å²) < 4.78 is 54.0. The van der Waals surface area contributed by atoms with E-state index < -0.39 is 24.1 Å². The Morgan fingerprint density at radius 1 is 1.16 bits per heavy atom. The molecule has 0 aliphatic carbocycles. The highest BCUT2D eigenvalue weighted by molar-refractivity contribution is 9.10. The van der Waals surface area contributed by atoms with Crippen LogP contribution in [0, 0.1) is 0 Å². The fraction of sp³-hybridized carbons (Fsp3) is 0.227. The maximum Gasteiger partial charge on any atom is 0.405 e. The van der Waals surface area contributed by atoms with E-state index in [0.717, 1.165) is 16.9 Å². The van der Waals surface area contributed by atoms with Crippen molar-refractivity contribution in [1.82, 2.24) is 0 Å². The van der Waals surface area contributed by atoms with Crippen LogP contribution in [0.15, 0.2) is 46.9 Å². The molecule has 0 bridgehead atoms. The lowest BCUT2D eigenvalue weighted by Crippen LogP contribution is -2.17. The van der Waals surface area contributed by atoms with E-state index in [9.17, 15) is 14.5 Å². The highest BCUT2D eigenvalue weighted by Crippen LogP contribution is 2.69. The zero-order valence-electron chi connectivity index (χ0n) is 17.2. The lowest BCUT2D eigenvalue weighted by atomic mass is 10.1. The molecule has 0 aliphatic rings. The van der Waals surface area contributed by atoms with Gasteiger partial charge in [0.25, 0.3) is 0 Å². The molecule has 3 aromatic rings. The van der Waals surface area contributed by atoms with Crippen LogP contribution in [0.25, 0.3) is 22.2 Å². The van der Waals surface area contributed by atoms with Crippen molar-refractivity contribution in [3.8, 4) is 0 Å². The van der Waals surface area contributed by atoms with Gasteiger partial charge in [-0.25, -0.2) is 4.79 Å². The van der Waals surface area contributed by atoms with Crippen LogP contribution in [0.4, 0.5) is 8.78 Å². The van der Waals surface area contributed by atoms with Crippen LogP contribution >= 0.6 is 34.9 Å². The van der Waals surface area contributed by atoms with E-state index in [-0.39, 0.29) is 28.6 Å². The molecule has 3 rings (SSSR count). The Bertz CT molecular complexity index is 1200. The van der Waals surface area contributed by atoms with Crippen molar-refractivity contribution in [1.29, 1.82) is 0 Å². The van der Waals surface area contributed by atoms with E-state index in [1.807, 2.05) is 30.3 Å². The molecule has 0 radical (unpaired) electrons. The summed E-state index contributed by atoms with van der Waals surface area (Å²) in [5.41, 5.74) is -2.69. The predicted molar refractivity (Wildman–Crippen MR) is 127 cm³/mol. The lowest BCUT2D eigenvalue weighted by molar-refractivity contribution is 0.0387. The fourth-order valence-electron chi connectivity index (χ4n) is 3.05. The number of benzene rings is 2. The van der Waals surface area contributed by atoms with E-state index in [0.29, 0.717) is 10.3 Å². The first-order chi connectivity index (χ1) is 15.1. The smallest absolute Gasteiger partial charge is 0.405 e. The van der Waals surface area contributed by atoms with Crippen molar-refractivity contribution in [3.63, 3.8) is 0 Å². The molecule has 170 valence electrons. The third-order valence-corrected chi connectivity index (χ3v) is 9.14. The van der Waals surface area contributed by atoms with Gasteiger partial charge in [-0.3, -0.25) is 4.57 Å². The summed E-state index contributed by atoms with van der Waals surface area (Å²) in [4.78, 5) is 11.1. The van der Waals surface area contributed by atoms with Gasteiger partial charge < -0.3 is 14.2 Å². The maximum atomic E-state index is 15.5. The van der Waals surface area contributed by atoms with Crippen molar-refractivity contribution in [2.24, 2.45) is 0 Å². The molecular weight excluding hydrogens is 525 g/mol. The average molecular weight is 545 g/mol. The van der Waals surface area contributed by atoms with Gasteiger partial charge in [0.1, 0.15) is 4.88 Å². The molecule has 0 atom stereocenters. The van der Waals surface area contributed by atoms with E-state index in [1.54, 1.807) is 12.2 Å². The van der Waals surface area contributed by atoms with Crippen LogP contribution in [-0.4, -0.2) is 24.3 Å². The number of hydrogen-bond donors (Lipinski definition) is 1. The standard InChI is InChI=1S/C22H20BrF2O5PS/c1-3-29-31(28,30-4-2)22(24,25)20-18(23)17-13-16(21(26)27)12-15(19(17)32-20)11-10-14-8-6-5-7-9-14/h5-13H,3-4H2,1-2H3,(H,26,27)/b11-10+. The Hall–Kier alpha value is -1.90. The Labute approximate surface area is 196 Å². The molecule has 0 aliphatic heterocycles. The molecule has 0 unspecified atom stereocenters. The molecule has 10 heteroatoms. The molecule has 32 heavy (non-hydrogen) atoms. The minimum Gasteiger partial charge on any atom is -0.478 e. The summed E-state index contributed by atoms with van der Waals surface area (Å²) in [6.45, 7) is 2.47. The molecule has 0 amide bonds. The van der Waals surface area contributed by atoms with Gasteiger partial charge in [-0.1, -0.05) is 42.5 Å². The first-order valence-electron chi connectivity index (χ1n) is 9.64. The third kappa shape index (κ3) is 4.72. The van der Waals surface area contributed by atoms with Gasteiger partial charge in [0.05, 0.1) is 18.8 Å². The number of carboxylic acid groups (broad SMARTS) is 1. The number of alkyl halides is 2. The van der Waals surface area contributed by atoms with Gasteiger partial charge in [0.15, 0.2) is 0 Å². The summed E-state index contributed by atoms with van der Waals surface area (Å²) in [6, 6.07) is 12.0. The molecule has 2 aromatic carbocycles. The molecule has 1 heterocycles. The normalized spacial score (nSPS) is 12.7. The van der Waals surface area contributed by atoms with Crippen LogP contribution in [0.1, 0.15) is 40.2 Å². The summed E-state index contributed by atoms with van der Waals surface area (Å²) in [5, 5.41) is 9.79. The lowest BCUT2D eigenvalue weighted by Gasteiger charge is -2.25. The number of carboxylic acids is 1. The summed E-state index contributed by atoms with van der Waals surface area (Å²) in [5.74, 6) is -1.19.